The Labute approximate surface area is 149 Å². The maximum absolute atomic E-state index is 11.5. The van der Waals surface area contributed by atoms with Crippen molar-refractivity contribution in [2.24, 2.45) is 0 Å². The van der Waals surface area contributed by atoms with E-state index in [1.807, 2.05) is 36.9 Å². The average molecular weight is 357 g/mol. The Hall–Kier alpha value is -2.67. The minimum absolute atomic E-state index is 0.0352. The van der Waals surface area contributed by atoms with Gasteiger partial charge in [0.05, 0.1) is 5.97 Å². The van der Waals surface area contributed by atoms with Gasteiger partial charge in [-0.25, -0.2) is 4.98 Å². The lowest BCUT2D eigenvalue weighted by atomic mass is 10.3. The number of para-hydroxylation sites is 2. The zero-order chi connectivity index (χ0) is 17.8. The van der Waals surface area contributed by atoms with Crippen LogP contribution in [0.25, 0.3) is 17.2 Å². The van der Waals surface area contributed by atoms with Gasteiger partial charge in [-0.05, 0) is 49.9 Å². The van der Waals surface area contributed by atoms with Gasteiger partial charge in [0, 0.05) is 24.1 Å². The fourth-order valence-electron chi connectivity index (χ4n) is 2.37. The van der Waals surface area contributed by atoms with Crippen molar-refractivity contribution >= 4 is 40.8 Å². The average Bonchev–Trinajstić information content (AvgIpc) is 3.22. The van der Waals surface area contributed by atoms with Crippen molar-refractivity contribution in [1.29, 1.82) is 0 Å². The molecule has 0 bridgehead atoms. The summed E-state index contributed by atoms with van der Waals surface area (Å²) in [6, 6.07) is 10.8. The second-order valence-electron chi connectivity index (χ2n) is 5.19. The Balaban J connectivity index is 1.85. The van der Waals surface area contributed by atoms with Crippen LogP contribution < -0.4 is 10.0 Å². The van der Waals surface area contributed by atoms with Crippen LogP contribution in [0, 0.1) is 0 Å². The smallest absolute Gasteiger partial charge is 0.261 e. The van der Waals surface area contributed by atoms with Gasteiger partial charge in [0.2, 0.25) is 0 Å². The molecule has 0 aliphatic heterocycles. The molecule has 3 aromatic rings. The van der Waals surface area contributed by atoms with Gasteiger partial charge in [0.15, 0.2) is 11.5 Å². The van der Waals surface area contributed by atoms with Gasteiger partial charge in [0.25, 0.3) is 5.22 Å². The first kappa shape index (κ1) is 17.2. The molecule has 0 radical (unpaired) electrons. The minimum Gasteiger partial charge on any atom is -0.544 e. The molecule has 0 saturated carbocycles. The molecule has 0 unspecified atom stereocenters. The summed E-state index contributed by atoms with van der Waals surface area (Å²) >= 11 is 0.894. The first-order chi connectivity index (χ1) is 12.1. The number of fused-ring (bicyclic) bond motifs is 1. The summed E-state index contributed by atoms with van der Waals surface area (Å²) in [7, 11) is 0. The predicted molar refractivity (Wildman–Crippen MR) is 95.1 cm³/mol. The SMILES string of the molecule is CCN(CC)c1ccc(/C=C(/Sc2nc3ccccc3o2)C(=O)[O-])o1. The molecule has 0 saturated heterocycles. The Kier molecular flexibility index (Phi) is 5.14. The quantitative estimate of drug-likeness (QED) is 0.474. The highest BCUT2D eigenvalue weighted by Gasteiger charge is 2.12. The van der Waals surface area contributed by atoms with Crippen LogP contribution in [0.1, 0.15) is 19.6 Å². The zero-order valence-electron chi connectivity index (χ0n) is 13.9. The molecule has 1 aromatic carbocycles. The summed E-state index contributed by atoms with van der Waals surface area (Å²) < 4.78 is 11.2. The Morgan fingerprint density at radius 2 is 1.96 bits per heavy atom. The molecule has 6 nitrogen and oxygen atoms in total. The maximum atomic E-state index is 11.5. The fourth-order valence-corrected chi connectivity index (χ4v) is 3.10. The zero-order valence-corrected chi connectivity index (χ0v) is 14.7. The van der Waals surface area contributed by atoms with Crippen LogP contribution in [0.3, 0.4) is 0 Å². The number of carboxylic acid groups (broad SMARTS) is 1. The monoisotopic (exact) mass is 357 g/mol. The van der Waals surface area contributed by atoms with Gasteiger partial charge in [0.1, 0.15) is 11.3 Å². The van der Waals surface area contributed by atoms with Crippen molar-refractivity contribution in [3.8, 4) is 0 Å². The van der Waals surface area contributed by atoms with E-state index in [-0.39, 0.29) is 10.1 Å². The number of carboxylic acids is 1. The third kappa shape index (κ3) is 3.88. The number of benzene rings is 1. The lowest BCUT2D eigenvalue weighted by Crippen LogP contribution is -2.23. The van der Waals surface area contributed by atoms with Crippen molar-refractivity contribution in [1.82, 2.24) is 4.98 Å². The summed E-state index contributed by atoms with van der Waals surface area (Å²) in [6.45, 7) is 5.66. The molecule has 0 aliphatic carbocycles. The van der Waals surface area contributed by atoms with Crippen molar-refractivity contribution < 1.29 is 18.7 Å². The number of hydrogen-bond donors (Lipinski definition) is 0. The van der Waals surface area contributed by atoms with Crippen LogP contribution in [0.4, 0.5) is 5.88 Å². The van der Waals surface area contributed by atoms with Crippen LogP contribution in [-0.4, -0.2) is 24.0 Å². The summed E-state index contributed by atoms with van der Waals surface area (Å²) in [6.07, 6.45) is 1.42. The largest absolute Gasteiger partial charge is 0.544 e. The van der Waals surface area contributed by atoms with E-state index in [1.165, 1.54) is 6.08 Å². The third-order valence-electron chi connectivity index (χ3n) is 3.63. The second kappa shape index (κ2) is 7.48. The van der Waals surface area contributed by atoms with Crippen LogP contribution in [0.2, 0.25) is 0 Å². The lowest BCUT2D eigenvalue weighted by molar-refractivity contribution is -0.298. The third-order valence-corrected chi connectivity index (χ3v) is 4.49. The highest BCUT2D eigenvalue weighted by molar-refractivity contribution is 8.03. The van der Waals surface area contributed by atoms with Crippen LogP contribution in [0.5, 0.6) is 0 Å². The topological polar surface area (TPSA) is 82.5 Å². The van der Waals surface area contributed by atoms with E-state index in [0.29, 0.717) is 22.7 Å². The number of rotatable bonds is 7. The van der Waals surface area contributed by atoms with Crippen LogP contribution >= 0.6 is 11.8 Å². The van der Waals surface area contributed by atoms with E-state index in [4.69, 9.17) is 8.83 Å². The van der Waals surface area contributed by atoms with Crippen molar-refractivity contribution in [3.63, 3.8) is 0 Å². The summed E-state index contributed by atoms with van der Waals surface area (Å²) in [5.74, 6) is -0.182. The Bertz CT molecular complexity index is 876. The molecule has 0 N–H and O–H groups in total. The standard InChI is InChI=1S/C18H18N2O4S/c1-3-20(4-2)16-10-9-12(23-16)11-15(17(21)22)25-18-19-13-7-5-6-8-14(13)24-18/h5-11H,3-4H2,1-2H3,(H,21,22)/p-1/b15-11+. The number of carbonyl (C=O) groups is 1. The molecular weight excluding hydrogens is 340 g/mol. The molecule has 130 valence electrons. The number of hydrogen-bond acceptors (Lipinski definition) is 7. The number of aliphatic carboxylic acids is 1. The van der Waals surface area contributed by atoms with Gasteiger partial charge in [-0.3, -0.25) is 0 Å². The van der Waals surface area contributed by atoms with E-state index in [9.17, 15) is 9.90 Å². The first-order valence-corrected chi connectivity index (χ1v) is 8.73. The molecule has 7 heteroatoms. The molecule has 0 fully saturated rings. The summed E-state index contributed by atoms with van der Waals surface area (Å²) in [5, 5.41) is 11.7. The number of nitrogens with zero attached hydrogens (tertiary/aromatic N) is 2. The van der Waals surface area contributed by atoms with E-state index in [0.717, 1.165) is 24.9 Å². The summed E-state index contributed by atoms with van der Waals surface area (Å²) in [5.41, 5.74) is 1.27. The van der Waals surface area contributed by atoms with E-state index in [1.54, 1.807) is 18.2 Å². The number of thioether (sulfide) groups is 1. The lowest BCUT2D eigenvalue weighted by Gasteiger charge is -2.16. The second-order valence-corrected chi connectivity index (χ2v) is 6.19. The molecule has 0 atom stereocenters. The molecule has 2 heterocycles. The highest BCUT2D eigenvalue weighted by atomic mass is 32.2. The highest BCUT2D eigenvalue weighted by Crippen LogP contribution is 2.31. The van der Waals surface area contributed by atoms with Crippen molar-refractivity contribution in [3.05, 3.63) is 47.1 Å². The van der Waals surface area contributed by atoms with Crippen LogP contribution in [0.15, 0.2) is 55.4 Å². The molecule has 25 heavy (non-hydrogen) atoms. The molecule has 3 rings (SSSR count). The summed E-state index contributed by atoms with van der Waals surface area (Å²) in [4.78, 5) is 17.7. The maximum Gasteiger partial charge on any atom is 0.261 e. The van der Waals surface area contributed by atoms with Crippen molar-refractivity contribution in [2.75, 3.05) is 18.0 Å². The number of oxazole rings is 1. The van der Waals surface area contributed by atoms with Gasteiger partial charge in [-0.2, -0.15) is 0 Å². The minimum atomic E-state index is -1.31. The first-order valence-electron chi connectivity index (χ1n) is 7.92. The van der Waals surface area contributed by atoms with E-state index < -0.39 is 5.97 Å². The van der Waals surface area contributed by atoms with Gasteiger partial charge in [-0.15, -0.1) is 0 Å². The normalized spacial score (nSPS) is 11.8. The number of aromatic nitrogens is 1. The number of carbonyl (C=O) groups excluding carboxylic acids is 1. The Morgan fingerprint density at radius 3 is 2.64 bits per heavy atom. The molecular formula is C18H17N2O4S-. The number of furan rings is 1. The van der Waals surface area contributed by atoms with Crippen LogP contribution in [-0.2, 0) is 4.79 Å². The fraction of sp³-hybridized carbons (Fsp3) is 0.222. The van der Waals surface area contributed by atoms with Crippen molar-refractivity contribution in [2.45, 2.75) is 19.1 Å². The van der Waals surface area contributed by atoms with Gasteiger partial charge < -0.3 is 23.6 Å². The molecule has 0 spiro atoms. The van der Waals surface area contributed by atoms with Gasteiger partial charge >= 0.3 is 0 Å². The molecule has 0 amide bonds. The number of anilines is 1. The molecule has 2 aromatic heterocycles. The van der Waals surface area contributed by atoms with E-state index in [2.05, 4.69) is 4.98 Å². The van der Waals surface area contributed by atoms with E-state index >= 15 is 0 Å². The Morgan fingerprint density at radius 1 is 1.20 bits per heavy atom. The predicted octanol–water partition coefficient (Wildman–Crippen LogP) is 3.15. The van der Waals surface area contributed by atoms with Gasteiger partial charge in [-0.1, -0.05) is 12.1 Å². The molecule has 0 aliphatic rings.